The van der Waals surface area contributed by atoms with E-state index in [1.54, 1.807) is 0 Å². The number of carbonyl (C=O) groups excluding carboxylic acids is 1. The number of nitrogens with zero attached hydrogens (tertiary/aromatic N) is 2. The number of nitro benzene ring substituents is 2. The van der Waals surface area contributed by atoms with E-state index in [4.69, 9.17) is 0 Å². The molecule has 25 heavy (non-hydrogen) atoms. The lowest BCUT2D eigenvalue weighted by Gasteiger charge is -2.09. The highest BCUT2D eigenvalue weighted by molar-refractivity contribution is 5.89. The first-order valence-electron chi connectivity index (χ1n) is 6.87. The van der Waals surface area contributed by atoms with Crippen molar-refractivity contribution in [2.75, 3.05) is 12.4 Å². The molecule has 0 heterocycles. The predicted octanol–water partition coefficient (Wildman–Crippen LogP) is 3.04. The van der Waals surface area contributed by atoms with Crippen LogP contribution in [0.3, 0.4) is 0 Å². The number of non-ortho nitro benzene ring substituents is 1. The summed E-state index contributed by atoms with van der Waals surface area (Å²) in [5, 5.41) is 24.4. The Bertz CT molecular complexity index is 855. The fourth-order valence-corrected chi connectivity index (χ4v) is 2.08. The van der Waals surface area contributed by atoms with Gasteiger partial charge in [0, 0.05) is 18.2 Å². The van der Waals surface area contributed by atoms with Crippen LogP contribution in [0.25, 0.3) is 0 Å². The minimum atomic E-state index is -0.781. The van der Waals surface area contributed by atoms with E-state index in [0.717, 1.165) is 18.2 Å². The number of nitro groups is 2. The van der Waals surface area contributed by atoms with Crippen molar-refractivity contribution in [1.29, 1.82) is 0 Å². The van der Waals surface area contributed by atoms with Gasteiger partial charge in [-0.1, -0.05) is 0 Å². The lowest BCUT2D eigenvalue weighted by Crippen LogP contribution is -2.07. The molecule has 0 aromatic heterocycles. The monoisotopic (exact) mass is 349 g/mol. The van der Waals surface area contributed by atoms with Gasteiger partial charge in [-0.2, -0.15) is 0 Å². The van der Waals surface area contributed by atoms with Crippen LogP contribution in [0.15, 0.2) is 36.4 Å². The highest BCUT2D eigenvalue weighted by Gasteiger charge is 2.19. The number of hydrogen-bond donors (Lipinski definition) is 1. The van der Waals surface area contributed by atoms with Crippen molar-refractivity contribution >= 4 is 23.0 Å². The predicted molar refractivity (Wildman–Crippen MR) is 84.8 cm³/mol. The average Bonchev–Trinajstić information content (AvgIpc) is 2.59. The zero-order valence-corrected chi connectivity index (χ0v) is 12.9. The minimum Gasteiger partial charge on any atom is -0.465 e. The average molecular weight is 349 g/mol. The number of carbonyl (C=O) groups is 1. The van der Waals surface area contributed by atoms with E-state index in [0.29, 0.717) is 0 Å². The molecule has 0 atom stereocenters. The molecule has 0 saturated heterocycles. The molecule has 0 unspecified atom stereocenters. The first kappa shape index (κ1) is 17.8. The summed E-state index contributed by atoms with van der Waals surface area (Å²) in [5.41, 5.74) is -0.761. The van der Waals surface area contributed by atoms with Crippen molar-refractivity contribution in [3.8, 4) is 0 Å². The van der Waals surface area contributed by atoms with Crippen LogP contribution < -0.4 is 5.32 Å². The lowest BCUT2D eigenvalue weighted by molar-refractivity contribution is -0.393. The summed E-state index contributed by atoms with van der Waals surface area (Å²) in [4.78, 5) is 31.7. The maximum Gasteiger partial charge on any atom is 0.337 e. The number of ether oxygens (including phenoxy) is 1. The zero-order valence-electron chi connectivity index (χ0n) is 12.9. The van der Waals surface area contributed by atoms with Gasteiger partial charge in [0.1, 0.15) is 11.5 Å². The number of hydrogen-bond acceptors (Lipinski definition) is 7. The number of anilines is 1. The molecule has 0 fully saturated rings. The third-order valence-corrected chi connectivity index (χ3v) is 3.32. The summed E-state index contributed by atoms with van der Waals surface area (Å²) in [6.07, 6.45) is 0. The fraction of sp³-hybridized carbons (Fsp3) is 0.133. The Morgan fingerprint density at radius 2 is 1.88 bits per heavy atom. The molecule has 0 aliphatic rings. The lowest BCUT2D eigenvalue weighted by atomic mass is 10.1. The van der Waals surface area contributed by atoms with Crippen molar-refractivity contribution in [2.24, 2.45) is 0 Å². The van der Waals surface area contributed by atoms with Gasteiger partial charge in [0.25, 0.3) is 11.4 Å². The molecule has 0 aliphatic carbocycles. The van der Waals surface area contributed by atoms with Gasteiger partial charge in [0.2, 0.25) is 0 Å². The van der Waals surface area contributed by atoms with Crippen LogP contribution >= 0.6 is 0 Å². The first-order chi connectivity index (χ1) is 11.8. The number of methoxy groups -OCH3 is 1. The molecule has 9 nitrogen and oxygen atoms in total. The van der Waals surface area contributed by atoms with Crippen LogP contribution in [0.5, 0.6) is 0 Å². The normalized spacial score (nSPS) is 10.2. The second-order valence-electron chi connectivity index (χ2n) is 4.87. The van der Waals surface area contributed by atoms with Crippen LogP contribution in [-0.2, 0) is 11.3 Å². The number of esters is 1. The van der Waals surface area contributed by atoms with Gasteiger partial charge in [-0.25, -0.2) is 9.18 Å². The fourth-order valence-electron chi connectivity index (χ4n) is 2.08. The van der Waals surface area contributed by atoms with Crippen LogP contribution in [0.2, 0.25) is 0 Å². The highest BCUT2D eigenvalue weighted by atomic mass is 19.1. The molecule has 0 radical (unpaired) electrons. The number of benzene rings is 2. The Morgan fingerprint density at radius 3 is 2.48 bits per heavy atom. The molecule has 2 rings (SSSR count). The Labute approximate surface area is 140 Å². The maximum atomic E-state index is 13.9. The summed E-state index contributed by atoms with van der Waals surface area (Å²) in [6.45, 7) is -0.171. The third kappa shape index (κ3) is 4.05. The van der Waals surface area contributed by atoms with Gasteiger partial charge in [0.05, 0.1) is 28.6 Å². The molecule has 0 amide bonds. The SMILES string of the molecule is COC(=O)c1ccc(F)c(CNc2ccc([N+](=O)[O-])cc2[N+](=O)[O-])c1. The van der Waals surface area contributed by atoms with E-state index in [-0.39, 0.29) is 23.4 Å². The number of nitrogens with one attached hydrogen (secondary N) is 1. The summed E-state index contributed by atoms with van der Waals surface area (Å²) in [6, 6.07) is 6.65. The van der Waals surface area contributed by atoms with Gasteiger partial charge in [-0.3, -0.25) is 20.2 Å². The van der Waals surface area contributed by atoms with Gasteiger partial charge in [-0.05, 0) is 24.3 Å². The standard InChI is InChI=1S/C15H12FN3O6/c1-25-15(20)9-2-4-12(16)10(6-9)8-17-13-5-3-11(18(21)22)7-14(13)19(23)24/h2-7,17H,8H2,1H3. The minimum absolute atomic E-state index is 0.0153. The molecule has 0 spiro atoms. The molecule has 2 aromatic carbocycles. The maximum absolute atomic E-state index is 13.9. The first-order valence-corrected chi connectivity index (χ1v) is 6.87. The van der Waals surface area contributed by atoms with Crippen LogP contribution in [-0.4, -0.2) is 22.9 Å². The Hall–Kier alpha value is -3.56. The molecular formula is C15H12FN3O6. The molecule has 0 saturated carbocycles. The largest absolute Gasteiger partial charge is 0.465 e. The summed E-state index contributed by atoms with van der Waals surface area (Å²) in [5.74, 6) is -1.27. The van der Waals surface area contributed by atoms with E-state index in [1.807, 2.05) is 0 Å². The van der Waals surface area contributed by atoms with Gasteiger partial charge in [0.15, 0.2) is 0 Å². The van der Waals surface area contributed by atoms with Gasteiger partial charge < -0.3 is 10.1 Å². The molecule has 10 heteroatoms. The Kier molecular flexibility index (Phi) is 5.22. The Morgan fingerprint density at radius 1 is 1.16 bits per heavy atom. The number of halogens is 1. The van der Waals surface area contributed by atoms with Gasteiger partial charge in [-0.15, -0.1) is 0 Å². The smallest absolute Gasteiger partial charge is 0.337 e. The summed E-state index contributed by atoms with van der Waals surface area (Å²) >= 11 is 0. The molecular weight excluding hydrogens is 337 g/mol. The quantitative estimate of drug-likeness (QED) is 0.482. The summed E-state index contributed by atoms with van der Waals surface area (Å²) in [7, 11) is 1.18. The van der Waals surface area contributed by atoms with Crippen LogP contribution in [0.1, 0.15) is 15.9 Å². The third-order valence-electron chi connectivity index (χ3n) is 3.32. The molecule has 2 aromatic rings. The van der Waals surface area contributed by atoms with Crippen molar-refractivity contribution < 1.29 is 23.8 Å². The second kappa shape index (κ2) is 7.34. The van der Waals surface area contributed by atoms with E-state index in [9.17, 15) is 29.4 Å². The van der Waals surface area contributed by atoms with E-state index in [1.165, 1.54) is 25.3 Å². The van der Waals surface area contributed by atoms with E-state index >= 15 is 0 Å². The zero-order chi connectivity index (χ0) is 18.6. The summed E-state index contributed by atoms with van der Waals surface area (Å²) < 4.78 is 18.4. The van der Waals surface area contributed by atoms with Crippen molar-refractivity contribution in [2.45, 2.75) is 6.54 Å². The molecule has 0 bridgehead atoms. The highest BCUT2D eigenvalue weighted by Crippen LogP contribution is 2.29. The van der Waals surface area contributed by atoms with E-state index < -0.39 is 33.0 Å². The van der Waals surface area contributed by atoms with Crippen LogP contribution in [0.4, 0.5) is 21.5 Å². The van der Waals surface area contributed by atoms with Crippen molar-refractivity contribution in [3.63, 3.8) is 0 Å². The molecule has 130 valence electrons. The molecule has 0 aliphatic heterocycles. The van der Waals surface area contributed by atoms with E-state index in [2.05, 4.69) is 10.1 Å². The topological polar surface area (TPSA) is 125 Å². The van der Waals surface area contributed by atoms with Gasteiger partial charge >= 0.3 is 5.97 Å². The number of rotatable bonds is 6. The molecule has 1 N–H and O–H groups in total. The Balaban J connectivity index is 2.28. The van der Waals surface area contributed by atoms with Crippen molar-refractivity contribution in [3.05, 3.63) is 73.6 Å². The second-order valence-corrected chi connectivity index (χ2v) is 4.87. The van der Waals surface area contributed by atoms with Crippen molar-refractivity contribution in [1.82, 2.24) is 0 Å². The van der Waals surface area contributed by atoms with Crippen LogP contribution in [0, 0.1) is 26.0 Å².